The number of amidine groups is 1. The first-order valence-corrected chi connectivity index (χ1v) is 11.3. The van der Waals surface area contributed by atoms with E-state index >= 15 is 0 Å². The summed E-state index contributed by atoms with van der Waals surface area (Å²) in [5.74, 6) is -5.78. The lowest BCUT2D eigenvalue weighted by molar-refractivity contribution is -0.193. The molecule has 0 radical (unpaired) electrons. The molecule has 0 atom stereocenters. The first kappa shape index (κ1) is 35.4. The summed E-state index contributed by atoms with van der Waals surface area (Å²) in [6.45, 7) is 0.262. The van der Waals surface area contributed by atoms with Crippen molar-refractivity contribution < 1.29 is 56.0 Å². The zero-order chi connectivity index (χ0) is 33.0. The van der Waals surface area contributed by atoms with Gasteiger partial charge in [0.25, 0.3) is 5.91 Å². The van der Waals surface area contributed by atoms with E-state index in [0.717, 1.165) is 11.1 Å². The molecular formula is C26H22F6N4O7. The van der Waals surface area contributed by atoms with Crippen molar-refractivity contribution in [1.82, 2.24) is 10.3 Å². The smallest absolute Gasteiger partial charge is 0.490 e. The van der Waals surface area contributed by atoms with Gasteiger partial charge in [-0.05, 0) is 47.5 Å². The SMILES string of the molecule is N=C(N)c1ccc(O)c(/C=C/CNC(=O)c2ccc(-c3cc[nH]c(=O)c3)cc2)c1.O=C(O)C(F)(F)F.O=C(O)C(F)(F)F. The van der Waals surface area contributed by atoms with Crippen LogP contribution in [0.25, 0.3) is 17.2 Å². The van der Waals surface area contributed by atoms with Gasteiger partial charge in [0, 0.05) is 35.5 Å². The topological polar surface area (TPSA) is 207 Å². The van der Waals surface area contributed by atoms with Crippen molar-refractivity contribution in [3.05, 3.63) is 93.9 Å². The minimum atomic E-state index is -5.08. The number of halogens is 6. The van der Waals surface area contributed by atoms with Crippen LogP contribution >= 0.6 is 0 Å². The number of nitrogens with one attached hydrogen (secondary N) is 3. The summed E-state index contributed by atoms with van der Waals surface area (Å²) < 4.78 is 63.5. The van der Waals surface area contributed by atoms with Gasteiger partial charge in [0.2, 0.25) is 5.56 Å². The quantitative estimate of drug-likeness (QED) is 0.123. The van der Waals surface area contributed by atoms with Crippen LogP contribution < -0.4 is 16.6 Å². The molecule has 1 aromatic heterocycles. The first-order chi connectivity index (χ1) is 19.8. The largest absolute Gasteiger partial charge is 0.507 e. The van der Waals surface area contributed by atoms with Crippen molar-refractivity contribution >= 4 is 29.8 Å². The maximum atomic E-state index is 12.3. The number of aliphatic carboxylic acids is 2. The Hall–Kier alpha value is -5.61. The van der Waals surface area contributed by atoms with Crippen LogP contribution in [0.5, 0.6) is 5.75 Å². The van der Waals surface area contributed by atoms with Gasteiger partial charge in [-0.2, -0.15) is 26.3 Å². The predicted octanol–water partition coefficient (Wildman–Crippen LogP) is 3.74. The summed E-state index contributed by atoms with van der Waals surface area (Å²) in [5.41, 5.74) is 8.39. The van der Waals surface area contributed by atoms with Crippen molar-refractivity contribution in [2.45, 2.75) is 12.4 Å². The molecule has 2 aromatic carbocycles. The highest BCUT2D eigenvalue weighted by molar-refractivity contribution is 5.96. The van der Waals surface area contributed by atoms with Gasteiger partial charge in [-0.25, -0.2) is 9.59 Å². The average Bonchev–Trinajstić information content (AvgIpc) is 2.91. The Kier molecular flexibility index (Phi) is 12.7. The fraction of sp³-hybridized carbons (Fsp3) is 0.115. The lowest BCUT2D eigenvalue weighted by Gasteiger charge is -2.05. The molecule has 0 unspecified atom stereocenters. The highest BCUT2D eigenvalue weighted by Crippen LogP contribution is 2.20. The summed E-state index contributed by atoms with van der Waals surface area (Å²) in [7, 11) is 0. The van der Waals surface area contributed by atoms with E-state index in [1.807, 2.05) is 0 Å². The molecular weight excluding hydrogens is 594 g/mol. The molecule has 0 fully saturated rings. The summed E-state index contributed by atoms with van der Waals surface area (Å²) in [4.78, 5) is 44.0. The van der Waals surface area contributed by atoms with E-state index in [2.05, 4.69) is 10.3 Å². The standard InChI is InChI=1S/C22H20N4O3.2C2HF3O2/c23-21(24)18-7-8-19(27)17(12-18)2-1-10-26-22(29)15-5-3-14(4-6-15)16-9-11-25-20(28)13-16;2*3-2(4,5)1(6)7/h1-9,11-13,27H,10H2,(H3,23,24)(H,25,28)(H,26,29);2*(H,6,7)/b2-1+;;. The zero-order valence-corrected chi connectivity index (χ0v) is 21.5. The number of benzene rings is 2. The van der Waals surface area contributed by atoms with Gasteiger partial charge in [0.05, 0.1) is 0 Å². The van der Waals surface area contributed by atoms with Gasteiger partial charge in [-0.15, -0.1) is 0 Å². The molecule has 230 valence electrons. The number of pyridine rings is 1. The lowest BCUT2D eigenvalue weighted by atomic mass is 10.0. The van der Waals surface area contributed by atoms with E-state index in [4.69, 9.17) is 30.9 Å². The molecule has 1 amide bonds. The second-order valence-electron chi connectivity index (χ2n) is 7.92. The Morgan fingerprint density at radius 2 is 1.37 bits per heavy atom. The van der Waals surface area contributed by atoms with Crippen LogP contribution in [0.15, 0.2) is 71.7 Å². The molecule has 43 heavy (non-hydrogen) atoms. The number of aromatic nitrogens is 1. The van der Waals surface area contributed by atoms with E-state index in [9.17, 15) is 41.0 Å². The number of H-pyrrole nitrogens is 1. The fourth-order valence-corrected chi connectivity index (χ4v) is 2.73. The molecule has 1 heterocycles. The molecule has 0 spiro atoms. The molecule has 0 bridgehead atoms. The van der Waals surface area contributed by atoms with Crippen LogP contribution in [-0.2, 0) is 9.59 Å². The molecule has 8 N–H and O–H groups in total. The second kappa shape index (κ2) is 15.4. The van der Waals surface area contributed by atoms with Gasteiger partial charge >= 0.3 is 24.3 Å². The number of carboxylic acids is 2. The second-order valence-corrected chi connectivity index (χ2v) is 7.92. The Morgan fingerprint density at radius 1 is 0.860 bits per heavy atom. The summed E-state index contributed by atoms with van der Waals surface area (Å²) >= 11 is 0. The molecule has 17 heteroatoms. The molecule has 0 aliphatic rings. The zero-order valence-electron chi connectivity index (χ0n) is 21.5. The summed E-state index contributed by atoms with van der Waals surface area (Å²) in [6.07, 6.45) is -5.24. The Balaban J connectivity index is 0.000000548. The van der Waals surface area contributed by atoms with E-state index in [-0.39, 0.29) is 29.6 Å². The number of carboxylic acid groups (broad SMARTS) is 2. The third-order valence-corrected chi connectivity index (χ3v) is 4.76. The van der Waals surface area contributed by atoms with E-state index in [1.165, 1.54) is 12.1 Å². The molecule has 0 saturated carbocycles. The highest BCUT2D eigenvalue weighted by atomic mass is 19.4. The van der Waals surface area contributed by atoms with Crippen LogP contribution in [-0.4, -0.2) is 62.9 Å². The van der Waals surface area contributed by atoms with Gasteiger partial charge in [0.15, 0.2) is 0 Å². The number of alkyl halides is 6. The predicted molar refractivity (Wildman–Crippen MR) is 140 cm³/mol. The maximum Gasteiger partial charge on any atom is 0.490 e. The van der Waals surface area contributed by atoms with E-state index in [0.29, 0.717) is 16.7 Å². The Labute approximate surface area is 237 Å². The number of nitrogens with two attached hydrogens (primary N) is 1. The van der Waals surface area contributed by atoms with E-state index in [1.54, 1.807) is 60.8 Å². The van der Waals surface area contributed by atoms with Crippen molar-refractivity contribution in [1.29, 1.82) is 5.41 Å². The van der Waals surface area contributed by atoms with Gasteiger partial charge in [-0.1, -0.05) is 24.3 Å². The number of nitrogen functional groups attached to an aromatic ring is 1. The maximum absolute atomic E-state index is 12.3. The minimum absolute atomic E-state index is 0.0629. The lowest BCUT2D eigenvalue weighted by Crippen LogP contribution is -2.23. The number of phenols is 1. The minimum Gasteiger partial charge on any atom is -0.507 e. The molecule has 0 aliphatic carbocycles. The molecule has 3 aromatic rings. The van der Waals surface area contributed by atoms with Crippen molar-refractivity contribution in [3.63, 3.8) is 0 Å². The molecule has 3 rings (SSSR count). The number of phenolic OH excluding ortho intramolecular Hbond substituents is 1. The number of carbonyl (C=O) groups is 3. The third-order valence-electron chi connectivity index (χ3n) is 4.76. The monoisotopic (exact) mass is 616 g/mol. The normalized spacial score (nSPS) is 10.9. The third kappa shape index (κ3) is 12.6. The van der Waals surface area contributed by atoms with Gasteiger partial charge in [0.1, 0.15) is 11.6 Å². The van der Waals surface area contributed by atoms with Crippen LogP contribution in [0.3, 0.4) is 0 Å². The van der Waals surface area contributed by atoms with Crippen LogP contribution in [0.4, 0.5) is 26.3 Å². The van der Waals surface area contributed by atoms with Crippen LogP contribution in [0, 0.1) is 5.41 Å². The average molecular weight is 616 g/mol. The number of hydrogen-bond donors (Lipinski definition) is 7. The summed E-state index contributed by atoms with van der Waals surface area (Å²) in [6, 6.07) is 14.9. The Bertz CT molecular complexity index is 1510. The van der Waals surface area contributed by atoms with Crippen LogP contribution in [0.1, 0.15) is 21.5 Å². The Morgan fingerprint density at radius 3 is 1.84 bits per heavy atom. The summed E-state index contributed by atoms with van der Waals surface area (Å²) in [5, 5.41) is 34.3. The van der Waals surface area contributed by atoms with Crippen molar-refractivity contribution in [2.24, 2.45) is 5.73 Å². The number of aromatic hydroxyl groups is 1. The first-order valence-electron chi connectivity index (χ1n) is 11.3. The highest BCUT2D eigenvalue weighted by Gasteiger charge is 2.38. The molecule has 11 nitrogen and oxygen atoms in total. The number of rotatable bonds is 6. The van der Waals surface area contributed by atoms with Gasteiger partial charge in [-0.3, -0.25) is 15.0 Å². The number of aromatic amines is 1. The number of amides is 1. The van der Waals surface area contributed by atoms with Gasteiger partial charge < -0.3 is 31.4 Å². The number of hydrogen-bond acceptors (Lipinski definition) is 6. The van der Waals surface area contributed by atoms with Crippen molar-refractivity contribution in [3.8, 4) is 16.9 Å². The van der Waals surface area contributed by atoms with Crippen LogP contribution in [0.2, 0.25) is 0 Å². The molecule has 0 aliphatic heterocycles. The number of carbonyl (C=O) groups excluding carboxylic acids is 1. The molecule has 0 saturated heterocycles. The van der Waals surface area contributed by atoms with Crippen molar-refractivity contribution in [2.75, 3.05) is 6.54 Å². The fourth-order valence-electron chi connectivity index (χ4n) is 2.73. The van der Waals surface area contributed by atoms with E-state index < -0.39 is 24.3 Å².